The van der Waals surface area contributed by atoms with E-state index < -0.39 is 11.0 Å². The first kappa shape index (κ1) is 24.3. The van der Waals surface area contributed by atoms with E-state index in [1.165, 1.54) is 11.1 Å². The van der Waals surface area contributed by atoms with E-state index >= 15 is 0 Å². The molecule has 0 radical (unpaired) electrons. The second-order valence-corrected chi connectivity index (χ2v) is 9.11. The Balaban J connectivity index is 2.09. The molecule has 2 aromatic carbocycles. The van der Waals surface area contributed by atoms with E-state index in [4.69, 9.17) is 4.74 Å². The molecule has 3 heteroatoms. The van der Waals surface area contributed by atoms with Crippen molar-refractivity contribution >= 4 is 0 Å². The van der Waals surface area contributed by atoms with Crippen LogP contribution >= 0.6 is 0 Å². The quantitative estimate of drug-likeness (QED) is 0.449. The lowest BCUT2D eigenvalue weighted by atomic mass is 9.82. The molecule has 1 atom stereocenters. The molecule has 1 aliphatic carbocycles. The van der Waals surface area contributed by atoms with Gasteiger partial charge in [-0.15, -0.1) is 0 Å². The van der Waals surface area contributed by atoms with Gasteiger partial charge in [0.1, 0.15) is 5.75 Å². The number of rotatable bonds is 10. The Kier molecular flexibility index (Phi) is 7.97. The lowest BCUT2D eigenvalue weighted by molar-refractivity contribution is 0.0235. The molecule has 2 N–H and O–H groups in total. The number of allylic oxidation sites excluding steroid dienone is 3. The first-order valence-electron chi connectivity index (χ1n) is 12.0. The predicted octanol–water partition coefficient (Wildman–Crippen LogP) is 6.50. The summed E-state index contributed by atoms with van der Waals surface area (Å²) in [6.07, 6.45) is 12.1. The molecule has 0 fully saturated rings. The standard InChI is InChI=1S/C29H38O3/c1-5-13-23-14-9-10-15-24(23)25-19-27(26(18-22(25)4)29(31,6-2)7-3)32-21-28(20-30)16-11-8-12-17-28/h8-12,14-16,18-19,30-31H,5-7,13,17,20-21H2,1-4H3. The van der Waals surface area contributed by atoms with Crippen molar-refractivity contribution in [1.82, 2.24) is 0 Å². The van der Waals surface area contributed by atoms with Gasteiger partial charge in [-0.2, -0.15) is 0 Å². The summed E-state index contributed by atoms with van der Waals surface area (Å²) in [7, 11) is 0. The minimum atomic E-state index is -0.948. The predicted molar refractivity (Wildman–Crippen MR) is 133 cm³/mol. The number of hydrogen-bond acceptors (Lipinski definition) is 3. The van der Waals surface area contributed by atoms with Crippen LogP contribution in [0.4, 0.5) is 0 Å². The highest BCUT2D eigenvalue weighted by atomic mass is 16.5. The number of aliphatic hydroxyl groups is 2. The maximum atomic E-state index is 11.4. The first-order valence-corrected chi connectivity index (χ1v) is 12.0. The van der Waals surface area contributed by atoms with E-state index in [0.29, 0.717) is 25.2 Å². The van der Waals surface area contributed by atoms with Crippen LogP contribution in [0.5, 0.6) is 5.75 Å². The molecule has 0 amide bonds. The van der Waals surface area contributed by atoms with E-state index in [2.05, 4.69) is 56.3 Å². The van der Waals surface area contributed by atoms with Crippen molar-refractivity contribution in [2.75, 3.05) is 13.2 Å². The Morgan fingerprint density at radius 2 is 1.78 bits per heavy atom. The normalized spacial score (nSPS) is 18.2. The monoisotopic (exact) mass is 434 g/mol. The molecule has 3 nitrogen and oxygen atoms in total. The summed E-state index contributed by atoms with van der Waals surface area (Å²) in [5.74, 6) is 0.707. The van der Waals surface area contributed by atoms with Gasteiger partial charge >= 0.3 is 0 Å². The fourth-order valence-electron chi connectivity index (χ4n) is 4.56. The second-order valence-electron chi connectivity index (χ2n) is 9.11. The number of aryl methyl sites for hydroxylation is 2. The molecule has 0 saturated heterocycles. The third-order valence-corrected chi connectivity index (χ3v) is 6.88. The molecule has 0 saturated carbocycles. The summed E-state index contributed by atoms with van der Waals surface area (Å²) < 4.78 is 6.43. The van der Waals surface area contributed by atoms with Crippen LogP contribution in [-0.2, 0) is 12.0 Å². The van der Waals surface area contributed by atoms with Crippen molar-refractivity contribution in [2.24, 2.45) is 5.41 Å². The van der Waals surface area contributed by atoms with Gasteiger partial charge in [0.05, 0.1) is 18.8 Å². The highest BCUT2D eigenvalue weighted by molar-refractivity contribution is 5.73. The molecule has 1 aliphatic rings. The fourth-order valence-corrected chi connectivity index (χ4v) is 4.56. The molecule has 1 unspecified atom stereocenters. The molecule has 0 bridgehead atoms. The van der Waals surface area contributed by atoms with Crippen molar-refractivity contribution in [3.63, 3.8) is 0 Å². The van der Waals surface area contributed by atoms with Crippen LogP contribution in [0.3, 0.4) is 0 Å². The number of benzene rings is 2. The van der Waals surface area contributed by atoms with Crippen LogP contribution in [-0.4, -0.2) is 23.4 Å². The third-order valence-electron chi connectivity index (χ3n) is 6.88. The van der Waals surface area contributed by atoms with Gasteiger partial charge in [0, 0.05) is 11.0 Å². The Bertz CT molecular complexity index is 968. The molecule has 2 aromatic rings. The molecule has 0 aliphatic heterocycles. The average molecular weight is 435 g/mol. The van der Waals surface area contributed by atoms with Crippen LogP contribution in [0.2, 0.25) is 0 Å². The molecule has 0 aromatic heterocycles. The number of hydrogen-bond donors (Lipinski definition) is 2. The van der Waals surface area contributed by atoms with Crippen molar-refractivity contribution in [3.05, 3.63) is 77.4 Å². The summed E-state index contributed by atoms with van der Waals surface area (Å²) in [5.41, 5.74) is 4.26. The van der Waals surface area contributed by atoms with E-state index in [9.17, 15) is 10.2 Å². The SMILES string of the molecule is CCCc1ccccc1-c1cc(OCC2(CO)C=CC=CC2)c(C(O)(CC)CC)cc1C. The Hall–Kier alpha value is -2.36. The topological polar surface area (TPSA) is 49.7 Å². The average Bonchev–Trinajstić information content (AvgIpc) is 2.84. The molecular weight excluding hydrogens is 396 g/mol. The van der Waals surface area contributed by atoms with Gasteiger partial charge in [0.2, 0.25) is 0 Å². The minimum Gasteiger partial charge on any atom is -0.492 e. The zero-order chi connectivity index (χ0) is 23.2. The van der Waals surface area contributed by atoms with Crippen LogP contribution in [0.25, 0.3) is 11.1 Å². The lowest BCUT2D eigenvalue weighted by Gasteiger charge is -2.33. The van der Waals surface area contributed by atoms with Crippen molar-refractivity contribution < 1.29 is 14.9 Å². The summed E-state index contributed by atoms with van der Waals surface area (Å²) in [4.78, 5) is 0. The van der Waals surface area contributed by atoms with Crippen molar-refractivity contribution in [2.45, 2.75) is 65.4 Å². The van der Waals surface area contributed by atoms with Crippen LogP contribution < -0.4 is 4.74 Å². The Labute approximate surface area is 193 Å². The minimum absolute atomic E-state index is 0.0209. The molecule has 172 valence electrons. The lowest BCUT2D eigenvalue weighted by Crippen LogP contribution is -2.32. The second kappa shape index (κ2) is 10.5. The van der Waals surface area contributed by atoms with Gasteiger partial charge in [-0.1, -0.05) is 75.8 Å². The fraction of sp³-hybridized carbons (Fsp3) is 0.448. The zero-order valence-electron chi connectivity index (χ0n) is 20.0. The van der Waals surface area contributed by atoms with E-state index in [1.807, 2.05) is 32.1 Å². The summed E-state index contributed by atoms with van der Waals surface area (Å²) in [6.45, 7) is 8.71. The van der Waals surface area contributed by atoms with Crippen LogP contribution in [0, 0.1) is 12.3 Å². The van der Waals surface area contributed by atoms with E-state index in [-0.39, 0.29) is 6.61 Å². The zero-order valence-corrected chi connectivity index (χ0v) is 20.0. The molecule has 0 spiro atoms. The third kappa shape index (κ3) is 5.00. The molecule has 3 rings (SSSR count). The van der Waals surface area contributed by atoms with Gasteiger partial charge in [-0.3, -0.25) is 0 Å². The smallest absolute Gasteiger partial charge is 0.126 e. The van der Waals surface area contributed by atoms with Gasteiger partial charge in [-0.05, 0) is 67.0 Å². The summed E-state index contributed by atoms with van der Waals surface area (Å²) >= 11 is 0. The van der Waals surface area contributed by atoms with Crippen LogP contribution in [0.1, 0.15) is 63.1 Å². The Morgan fingerprint density at radius 3 is 2.41 bits per heavy atom. The highest BCUT2D eigenvalue weighted by Gasteiger charge is 2.32. The molecule has 32 heavy (non-hydrogen) atoms. The molecule has 0 heterocycles. The van der Waals surface area contributed by atoms with E-state index in [0.717, 1.165) is 36.0 Å². The van der Waals surface area contributed by atoms with E-state index in [1.54, 1.807) is 0 Å². The summed E-state index contributed by atoms with van der Waals surface area (Å²) in [6, 6.07) is 12.7. The van der Waals surface area contributed by atoms with Crippen LogP contribution in [0.15, 0.2) is 60.7 Å². The number of ether oxygens (including phenoxy) is 1. The van der Waals surface area contributed by atoms with Crippen molar-refractivity contribution in [1.29, 1.82) is 0 Å². The highest BCUT2D eigenvalue weighted by Crippen LogP contribution is 2.41. The van der Waals surface area contributed by atoms with Gasteiger partial charge in [-0.25, -0.2) is 0 Å². The maximum absolute atomic E-state index is 11.4. The number of aliphatic hydroxyl groups excluding tert-OH is 1. The maximum Gasteiger partial charge on any atom is 0.126 e. The largest absolute Gasteiger partial charge is 0.492 e. The van der Waals surface area contributed by atoms with Crippen molar-refractivity contribution in [3.8, 4) is 16.9 Å². The van der Waals surface area contributed by atoms with Gasteiger partial charge < -0.3 is 14.9 Å². The van der Waals surface area contributed by atoms with Gasteiger partial charge in [0.25, 0.3) is 0 Å². The first-order chi connectivity index (χ1) is 15.4. The summed E-state index contributed by atoms with van der Waals surface area (Å²) in [5, 5.41) is 21.5. The molecular formula is C29H38O3. The Morgan fingerprint density at radius 1 is 1.03 bits per heavy atom. The van der Waals surface area contributed by atoms with Gasteiger partial charge in [0.15, 0.2) is 0 Å².